The van der Waals surface area contributed by atoms with Gasteiger partial charge in [-0.2, -0.15) is 0 Å². The molecule has 1 aromatic heterocycles. The summed E-state index contributed by atoms with van der Waals surface area (Å²) in [6, 6.07) is 15.8. The third-order valence-corrected chi connectivity index (χ3v) is 4.31. The molecule has 0 saturated carbocycles. The van der Waals surface area contributed by atoms with Gasteiger partial charge in [-0.1, -0.05) is 30.3 Å². The normalized spacial score (nSPS) is 13.0. The summed E-state index contributed by atoms with van der Waals surface area (Å²) in [5.74, 6) is 0.760. The van der Waals surface area contributed by atoms with Gasteiger partial charge in [0.15, 0.2) is 0 Å². The van der Waals surface area contributed by atoms with E-state index >= 15 is 0 Å². The molecule has 5 nitrogen and oxygen atoms in total. The Hall–Kier alpha value is -3.08. The number of aromatic nitrogens is 2. The van der Waals surface area contributed by atoms with E-state index in [1.54, 1.807) is 0 Å². The van der Waals surface area contributed by atoms with Crippen LogP contribution in [0.3, 0.4) is 0 Å². The van der Waals surface area contributed by atoms with Gasteiger partial charge in [-0.25, -0.2) is 4.98 Å². The summed E-state index contributed by atoms with van der Waals surface area (Å²) in [6.45, 7) is 1.75. The van der Waals surface area contributed by atoms with Crippen molar-refractivity contribution in [2.24, 2.45) is 0 Å². The molecule has 0 unspecified atom stereocenters. The van der Waals surface area contributed by atoms with E-state index in [1.807, 2.05) is 54.9 Å². The largest absolute Gasteiger partial charge is 0.488 e. The van der Waals surface area contributed by atoms with Crippen LogP contribution in [0.1, 0.15) is 12.0 Å². The van der Waals surface area contributed by atoms with Crippen LogP contribution in [-0.4, -0.2) is 28.6 Å². The van der Waals surface area contributed by atoms with Gasteiger partial charge in [0.2, 0.25) is 0 Å². The number of para-hydroxylation sites is 3. The Morgan fingerprint density at radius 1 is 1.16 bits per heavy atom. The molecule has 0 aliphatic carbocycles. The minimum Gasteiger partial charge on any atom is -0.488 e. The molecule has 3 aromatic rings. The summed E-state index contributed by atoms with van der Waals surface area (Å²) < 4.78 is 7.74. The second-order valence-corrected chi connectivity index (χ2v) is 6.03. The zero-order chi connectivity index (χ0) is 17.1. The van der Waals surface area contributed by atoms with Gasteiger partial charge in [-0.05, 0) is 30.7 Å². The second-order valence-electron chi connectivity index (χ2n) is 6.03. The number of ether oxygens (including phenoxy) is 1. The smallest absolute Gasteiger partial charge is 0.250 e. The Balaban J connectivity index is 1.32. The van der Waals surface area contributed by atoms with Gasteiger partial charge >= 0.3 is 0 Å². The fourth-order valence-corrected chi connectivity index (χ4v) is 3.00. The first-order chi connectivity index (χ1) is 12.3. The molecule has 2 aromatic carbocycles. The van der Waals surface area contributed by atoms with Gasteiger partial charge in [-0.15, -0.1) is 0 Å². The lowest BCUT2D eigenvalue weighted by Crippen LogP contribution is -2.29. The number of nitrogens with zero attached hydrogens (tertiary/aromatic N) is 2. The maximum absolute atomic E-state index is 12.3. The van der Waals surface area contributed by atoms with Crippen molar-refractivity contribution in [1.29, 1.82) is 0 Å². The quantitative estimate of drug-likeness (QED) is 0.730. The number of fused-ring (bicyclic) bond motifs is 2. The van der Waals surface area contributed by atoms with E-state index in [-0.39, 0.29) is 5.91 Å². The SMILES string of the molecule is O=C(NCCCn1cnc2ccccc21)C1=Cc2ccccc2OC1. The van der Waals surface area contributed by atoms with Crippen LogP contribution >= 0.6 is 0 Å². The highest BCUT2D eigenvalue weighted by Crippen LogP contribution is 2.25. The zero-order valence-corrected chi connectivity index (χ0v) is 13.8. The van der Waals surface area contributed by atoms with E-state index in [0.29, 0.717) is 18.7 Å². The van der Waals surface area contributed by atoms with Gasteiger partial charge in [0, 0.05) is 18.7 Å². The van der Waals surface area contributed by atoms with Crippen LogP contribution in [0.5, 0.6) is 5.75 Å². The molecule has 0 radical (unpaired) electrons. The first-order valence-electron chi connectivity index (χ1n) is 8.42. The van der Waals surface area contributed by atoms with Crippen molar-refractivity contribution in [3.8, 4) is 5.75 Å². The Bertz CT molecular complexity index is 943. The molecule has 126 valence electrons. The number of hydrogen-bond acceptors (Lipinski definition) is 3. The first-order valence-corrected chi connectivity index (χ1v) is 8.42. The molecule has 1 aliphatic heterocycles. The summed E-state index contributed by atoms with van der Waals surface area (Å²) in [5, 5.41) is 2.97. The second kappa shape index (κ2) is 6.81. The average molecular weight is 333 g/mol. The fourth-order valence-electron chi connectivity index (χ4n) is 3.00. The first kappa shape index (κ1) is 15.4. The van der Waals surface area contributed by atoms with Crippen LogP contribution in [0.15, 0.2) is 60.4 Å². The molecular weight excluding hydrogens is 314 g/mol. The third kappa shape index (κ3) is 3.26. The van der Waals surface area contributed by atoms with Crippen LogP contribution in [0.4, 0.5) is 0 Å². The van der Waals surface area contributed by atoms with Crippen molar-refractivity contribution in [2.75, 3.05) is 13.2 Å². The van der Waals surface area contributed by atoms with Gasteiger partial charge in [0.1, 0.15) is 12.4 Å². The minimum atomic E-state index is -0.0648. The standard InChI is InChI=1S/C20H19N3O2/c24-20(16-12-15-6-1-4-9-19(15)25-13-16)21-10-5-11-23-14-22-17-7-2-3-8-18(17)23/h1-4,6-9,12,14H,5,10-11,13H2,(H,21,24). The van der Waals surface area contributed by atoms with Crippen molar-refractivity contribution in [3.63, 3.8) is 0 Å². The number of amides is 1. The number of aryl methyl sites for hydroxylation is 1. The molecule has 25 heavy (non-hydrogen) atoms. The molecule has 0 spiro atoms. The maximum atomic E-state index is 12.3. The van der Waals surface area contributed by atoms with Crippen LogP contribution in [-0.2, 0) is 11.3 Å². The fraction of sp³-hybridized carbons (Fsp3) is 0.200. The number of imidazole rings is 1. The highest BCUT2D eigenvalue weighted by atomic mass is 16.5. The number of carbonyl (C=O) groups is 1. The number of hydrogen-bond donors (Lipinski definition) is 1. The van der Waals surface area contributed by atoms with Gasteiger partial charge in [0.25, 0.3) is 5.91 Å². The molecule has 0 atom stereocenters. The summed E-state index contributed by atoms with van der Waals surface area (Å²) in [4.78, 5) is 16.7. The topological polar surface area (TPSA) is 56.2 Å². The van der Waals surface area contributed by atoms with Crippen LogP contribution in [0.25, 0.3) is 17.1 Å². The Morgan fingerprint density at radius 2 is 2.00 bits per heavy atom. The van der Waals surface area contributed by atoms with E-state index in [4.69, 9.17) is 4.74 Å². The van der Waals surface area contributed by atoms with Gasteiger partial charge in [0.05, 0.1) is 22.9 Å². The highest BCUT2D eigenvalue weighted by Gasteiger charge is 2.16. The molecule has 2 heterocycles. The minimum absolute atomic E-state index is 0.0648. The van der Waals surface area contributed by atoms with Crippen LogP contribution in [0.2, 0.25) is 0 Å². The van der Waals surface area contributed by atoms with E-state index in [0.717, 1.165) is 35.3 Å². The van der Waals surface area contributed by atoms with Crippen LogP contribution in [0, 0.1) is 0 Å². The molecule has 4 rings (SSSR count). The average Bonchev–Trinajstić information content (AvgIpc) is 3.08. The predicted octanol–water partition coefficient (Wildman–Crippen LogP) is 3.02. The van der Waals surface area contributed by atoms with Crippen molar-refractivity contribution < 1.29 is 9.53 Å². The predicted molar refractivity (Wildman–Crippen MR) is 97.3 cm³/mol. The van der Waals surface area contributed by atoms with Gasteiger partial charge < -0.3 is 14.6 Å². The van der Waals surface area contributed by atoms with Crippen molar-refractivity contribution in [1.82, 2.24) is 14.9 Å². The molecule has 1 N–H and O–H groups in total. The lowest BCUT2D eigenvalue weighted by atomic mass is 10.1. The lowest BCUT2D eigenvalue weighted by Gasteiger charge is -2.17. The third-order valence-electron chi connectivity index (χ3n) is 4.31. The monoisotopic (exact) mass is 333 g/mol. The van der Waals surface area contributed by atoms with E-state index < -0.39 is 0 Å². The molecule has 5 heteroatoms. The maximum Gasteiger partial charge on any atom is 0.250 e. The van der Waals surface area contributed by atoms with Crippen molar-refractivity contribution in [2.45, 2.75) is 13.0 Å². The summed E-state index contributed by atoms with van der Waals surface area (Å²) in [6.07, 6.45) is 4.59. The van der Waals surface area contributed by atoms with E-state index in [1.165, 1.54) is 0 Å². The zero-order valence-electron chi connectivity index (χ0n) is 13.8. The molecule has 1 amide bonds. The summed E-state index contributed by atoms with van der Waals surface area (Å²) >= 11 is 0. The molecule has 0 fully saturated rings. The summed E-state index contributed by atoms with van der Waals surface area (Å²) in [7, 11) is 0. The Kier molecular flexibility index (Phi) is 4.21. The van der Waals surface area contributed by atoms with Crippen LogP contribution < -0.4 is 10.1 Å². The number of rotatable bonds is 5. The van der Waals surface area contributed by atoms with Crippen molar-refractivity contribution in [3.05, 3.63) is 66.0 Å². The van der Waals surface area contributed by atoms with E-state index in [2.05, 4.69) is 20.9 Å². The number of carbonyl (C=O) groups excluding carboxylic acids is 1. The van der Waals surface area contributed by atoms with E-state index in [9.17, 15) is 4.79 Å². The van der Waals surface area contributed by atoms with Crippen molar-refractivity contribution >= 4 is 23.0 Å². The van der Waals surface area contributed by atoms with Gasteiger partial charge in [-0.3, -0.25) is 4.79 Å². The number of nitrogens with one attached hydrogen (secondary N) is 1. The molecule has 0 saturated heterocycles. The molecular formula is C20H19N3O2. The molecule has 1 aliphatic rings. The highest BCUT2D eigenvalue weighted by molar-refractivity contribution is 5.99. The Labute approximate surface area is 145 Å². The molecule has 0 bridgehead atoms. The Morgan fingerprint density at radius 3 is 2.96 bits per heavy atom. The number of benzene rings is 2. The lowest BCUT2D eigenvalue weighted by molar-refractivity contribution is -0.117. The summed E-state index contributed by atoms with van der Waals surface area (Å²) in [5.41, 5.74) is 3.72.